The lowest BCUT2D eigenvalue weighted by molar-refractivity contribution is -0.138. The van der Waals surface area contributed by atoms with Crippen LogP contribution >= 0.6 is 0 Å². The van der Waals surface area contributed by atoms with Crippen molar-refractivity contribution >= 4 is 12.3 Å². The second kappa shape index (κ2) is 4.25. The molecule has 0 aromatic carbocycles. The summed E-state index contributed by atoms with van der Waals surface area (Å²) in [6, 6.07) is 0. The fraction of sp³-hybridized carbons (Fsp3) is 0.778. The van der Waals surface area contributed by atoms with Crippen LogP contribution in [0.2, 0.25) is 0 Å². The van der Waals surface area contributed by atoms with Crippen molar-refractivity contribution in [3.05, 3.63) is 0 Å². The van der Waals surface area contributed by atoms with Gasteiger partial charge in [-0.1, -0.05) is 13.8 Å². The maximum absolute atomic E-state index is 11.5. The molecule has 1 aliphatic heterocycles. The van der Waals surface area contributed by atoms with E-state index in [1.807, 2.05) is 18.7 Å². The molecule has 1 fully saturated rings. The van der Waals surface area contributed by atoms with E-state index in [4.69, 9.17) is 0 Å². The molecule has 2 amide bonds. The molecule has 1 saturated heterocycles. The van der Waals surface area contributed by atoms with Crippen molar-refractivity contribution < 1.29 is 9.59 Å². The molecule has 0 spiro atoms. The smallest absolute Gasteiger partial charge is 0.225 e. The highest BCUT2D eigenvalue weighted by Crippen LogP contribution is 2.05. The minimum absolute atomic E-state index is 0.0581. The van der Waals surface area contributed by atoms with Crippen LogP contribution in [0.3, 0.4) is 0 Å². The van der Waals surface area contributed by atoms with Crippen LogP contribution in [0.25, 0.3) is 0 Å². The second-order valence-electron chi connectivity index (χ2n) is 3.62. The topological polar surface area (TPSA) is 40.6 Å². The molecule has 0 bridgehead atoms. The van der Waals surface area contributed by atoms with E-state index in [0.717, 1.165) is 6.41 Å². The average Bonchev–Trinajstić information content (AvgIpc) is 2.17. The molecule has 1 rings (SSSR count). The van der Waals surface area contributed by atoms with E-state index in [9.17, 15) is 9.59 Å². The quantitative estimate of drug-likeness (QED) is 0.564. The highest BCUT2D eigenvalue weighted by Gasteiger charge is 2.21. The largest absolute Gasteiger partial charge is 0.342 e. The van der Waals surface area contributed by atoms with Crippen LogP contribution in [0, 0.1) is 5.92 Å². The van der Waals surface area contributed by atoms with E-state index < -0.39 is 0 Å². The molecule has 74 valence electrons. The molecule has 0 radical (unpaired) electrons. The van der Waals surface area contributed by atoms with E-state index in [0.29, 0.717) is 26.2 Å². The maximum Gasteiger partial charge on any atom is 0.225 e. The molecule has 0 unspecified atom stereocenters. The number of nitrogens with zero attached hydrogens (tertiary/aromatic N) is 2. The van der Waals surface area contributed by atoms with E-state index >= 15 is 0 Å². The predicted octanol–water partition coefficient (Wildman–Crippen LogP) is -0.0570. The third-order valence-electron chi connectivity index (χ3n) is 2.27. The zero-order valence-corrected chi connectivity index (χ0v) is 8.19. The predicted molar refractivity (Wildman–Crippen MR) is 49.1 cm³/mol. The summed E-state index contributed by atoms with van der Waals surface area (Å²) in [4.78, 5) is 25.4. The van der Waals surface area contributed by atoms with Crippen LogP contribution < -0.4 is 0 Å². The van der Waals surface area contributed by atoms with Crippen LogP contribution in [0.1, 0.15) is 13.8 Å². The Bertz CT molecular complexity index is 196. The summed E-state index contributed by atoms with van der Waals surface area (Å²) in [5, 5.41) is 0. The Labute approximate surface area is 78.5 Å². The zero-order chi connectivity index (χ0) is 9.84. The second-order valence-corrected chi connectivity index (χ2v) is 3.62. The van der Waals surface area contributed by atoms with Crippen molar-refractivity contribution in [2.24, 2.45) is 5.92 Å². The lowest BCUT2D eigenvalue weighted by Crippen LogP contribution is -2.49. The summed E-state index contributed by atoms with van der Waals surface area (Å²) < 4.78 is 0. The molecule has 13 heavy (non-hydrogen) atoms. The molecular weight excluding hydrogens is 168 g/mol. The Kier molecular flexibility index (Phi) is 3.28. The zero-order valence-electron chi connectivity index (χ0n) is 8.19. The highest BCUT2D eigenvalue weighted by atomic mass is 16.2. The molecule has 0 aromatic rings. The van der Waals surface area contributed by atoms with Gasteiger partial charge < -0.3 is 9.80 Å². The Morgan fingerprint density at radius 1 is 1.23 bits per heavy atom. The molecule has 0 aliphatic carbocycles. The van der Waals surface area contributed by atoms with Gasteiger partial charge in [0.05, 0.1) is 0 Å². The number of rotatable bonds is 2. The first-order valence-electron chi connectivity index (χ1n) is 4.63. The van der Waals surface area contributed by atoms with Gasteiger partial charge in [-0.15, -0.1) is 0 Å². The Morgan fingerprint density at radius 2 is 1.77 bits per heavy atom. The molecule has 0 saturated carbocycles. The number of hydrogen-bond donors (Lipinski definition) is 0. The van der Waals surface area contributed by atoms with Crippen LogP contribution in [0.15, 0.2) is 0 Å². The molecule has 1 aliphatic rings. The normalized spacial score (nSPS) is 17.8. The molecular formula is C9H16N2O2. The van der Waals surface area contributed by atoms with Gasteiger partial charge in [-0.3, -0.25) is 9.59 Å². The summed E-state index contributed by atoms with van der Waals surface area (Å²) in [7, 11) is 0. The maximum atomic E-state index is 11.5. The number of piperazine rings is 1. The van der Waals surface area contributed by atoms with Crippen molar-refractivity contribution in [1.29, 1.82) is 0 Å². The lowest BCUT2D eigenvalue weighted by Gasteiger charge is -2.33. The van der Waals surface area contributed by atoms with Gasteiger partial charge in [0.2, 0.25) is 12.3 Å². The van der Waals surface area contributed by atoms with Crippen molar-refractivity contribution in [3.63, 3.8) is 0 Å². The highest BCUT2D eigenvalue weighted by molar-refractivity contribution is 5.78. The summed E-state index contributed by atoms with van der Waals surface area (Å²) in [5.41, 5.74) is 0. The van der Waals surface area contributed by atoms with Crippen molar-refractivity contribution in [2.45, 2.75) is 13.8 Å². The average molecular weight is 184 g/mol. The first-order valence-corrected chi connectivity index (χ1v) is 4.63. The van der Waals surface area contributed by atoms with Crippen LogP contribution in [0.5, 0.6) is 0 Å². The molecule has 0 aromatic heterocycles. The molecule has 4 heteroatoms. The summed E-state index contributed by atoms with van der Waals surface area (Å²) in [6.45, 7) is 6.48. The minimum Gasteiger partial charge on any atom is -0.342 e. The Balaban J connectivity index is 2.40. The lowest BCUT2D eigenvalue weighted by atomic mass is 10.2. The third kappa shape index (κ3) is 2.44. The number of hydrogen-bond acceptors (Lipinski definition) is 2. The van der Waals surface area contributed by atoms with Gasteiger partial charge in [0, 0.05) is 32.1 Å². The monoisotopic (exact) mass is 184 g/mol. The standard InChI is InChI=1S/C9H16N2O2/c1-8(2)9(13)11-5-3-10(7-12)4-6-11/h7-8H,3-6H2,1-2H3. The van der Waals surface area contributed by atoms with E-state index in [1.54, 1.807) is 4.90 Å². The van der Waals surface area contributed by atoms with E-state index in [1.165, 1.54) is 0 Å². The fourth-order valence-corrected chi connectivity index (χ4v) is 1.41. The third-order valence-corrected chi connectivity index (χ3v) is 2.27. The van der Waals surface area contributed by atoms with Crippen LogP contribution in [-0.4, -0.2) is 48.3 Å². The summed E-state index contributed by atoms with van der Waals surface area (Å²) in [5.74, 6) is 0.244. The van der Waals surface area contributed by atoms with E-state index in [2.05, 4.69) is 0 Å². The molecule has 0 N–H and O–H groups in total. The van der Waals surface area contributed by atoms with Gasteiger partial charge in [-0.25, -0.2) is 0 Å². The Hall–Kier alpha value is -1.06. The fourth-order valence-electron chi connectivity index (χ4n) is 1.41. The summed E-state index contributed by atoms with van der Waals surface area (Å²) in [6.07, 6.45) is 0.844. The van der Waals surface area contributed by atoms with E-state index in [-0.39, 0.29) is 11.8 Å². The van der Waals surface area contributed by atoms with Gasteiger partial charge in [-0.2, -0.15) is 0 Å². The van der Waals surface area contributed by atoms with Gasteiger partial charge in [-0.05, 0) is 0 Å². The minimum atomic E-state index is 0.0581. The van der Waals surface area contributed by atoms with Crippen LogP contribution in [-0.2, 0) is 9.59 Å². The first-order chi connectivity index (χ1) is 6.15. The van der Waals surface area contributed by atoms with Gasteiger partial charge in [0.1, 0.15) is 0 Å². The van der Waals surface area contributed by atoms with Crippen LogP contribution in [0.4, 0.5) is 0 Å². The van der Waals surface area contributed by atoms with Gasteiger partial charge in [0.15, 0.2) is 0 Å². The number of carbonyl (C=O) groups excluding carboxylic acids is 2. The van der Waals surface area contributed by atoms with Gasteiger partial charge >= 0.3 is 0 Å². The van der Waals surface area contributed by atoms with Crippen molar-refractivity contribution in [1.82, 2.24) is 9.80 Å². The number of amides is 2. The molecule has 0 atom stereocenters. The van der Waals surface area contributed by atoms with Crippen molar-refractivity contribution in [3.8, 4) is 0 Å². The van der Waals surface area contributed by atoms with Crippen molar-refractivity contribution in [2.75, 3.05) is 26.2 Å². The first kappa shape index (κ1) is 10.0. The molecule has 1 heterocycles. The molecule has 4 nitrogen and oxygen atoms in total. The summed E-state index contributed by atoms with van der Waals surface area (Å²) >= 11 is 0. The SMILES string of the molecule is CC(C)C(=O)N1CCN(C=O)CC1. The Morgan fingerprint density at radius 3 is 2.15 bits per heavy atom. The van der Waals surface area contributed by atoms with Gasteiger partial charge in [0.25, 0.3) is 0 Å². The number of carbonyl (C=O) groups is 2.